The van der Waals surface area contributed by atoms with Crippen LogP contribution < -0.4 is 10.6 Å². The number of hydrogen-bond donors (Lipinski definition) is 2. The van der Waals surface area contributed by atoms with E-state index in [1.165, 1.54) is 23.1 Å². The van der Waals surface area contributed by atoms with Crippen LogP contribution >= 0.6 is 35.7 Å². The van der Waals surface area contributed by atoms with E-state index in [0.29, 0.717) is 6.54 Å². The molecule has 2 aromatic rings. The Kier molecular flexibility index (Phi) is 10.2. The number of rotatable bonds is 8. The first-order valence-corrected chi connectivity index (χ1v) is 9.63. The predicted molar refractivity (Wildman–Crippen MR) is 117 cm³/mol. The van der Waals surface area contributed by atoms with Gasteiger partial charge in [0.1, 0.15) is 17.9 Å². The van der Waals surface area contributed by atoms with Crippen LogP contribution in [0.15, 0.2) is 33.7 Å². The molecular weight excluding hydrogens is 433 g/mol. The second-order valence-electron chi connectivity index (χ2n) is 5.47. The first-order valence-electron chi connectivity index (χ1n) is 8.24. The van der Waals surface area contributed by atoms with E-state index >= 15 is 0 Å². The third kappa shape index (κ3) is 6.20. The van der Waals surface area contributed by atoms with Gasteiger partial charge in [-0.05, 0) is 44.8 Å². The standard InChI is InChI=1S/C18H27N3OS.HI/c1-4-19-18(20-11-7-8-12-23-3)21-13-17-14(2)15-9-5-6-10-16(15)22-17;/h5-6,9-10H,4,7-8,11-13H2,1-3H3,(H2,19,20,21);1H. The fourth-order valence-corrected chi connectivity index (χ4v) is 2.94. The highest BCUT2D eigenvalue weighted by Gasteiger charge is 2.09. The van der Waals surface area contributed by atoms with Crippen LogP contribution in [0.3, 0.4) is 0 Å². The maximum Gasteiger partial charge on any atom is 0.191 e. The second-order valence-corrected chi connectivity index (χ2v) is 6.45. The summed E-state index contributed by atoms with van der Waals surface area (Å²) in [7, 11) is 0. The number of hydrogen-bond acceptors (Lipinski definition) is 3. The van der Waals surface area contributed by atoms with Gasteiger partial charge in [0.2, 0.25) is 0 Å². The summed E-state index contributed by atoms with van der Waals surface area (Å²) in [6, 6.07) is 8.14. The maximum absolute atomic E-state index is 5.92. The summed E-state index contributed by atoms with van der Waals surface area (Å²) in [4.78, 5) is 4.65. The maximum atomic E-state index is 5.92. The Bertz CT molecular complexity index is 642. The number of fused-ring (bicyclic) bond motifs is 1. The summed E-state index contributed by atoms with van der Waals surface area (Å²) in [5, 5.41) is 7.85. The molecular formula is C18H28IN3OS. The molecule has 0 aliphatic heterocycles. The average Bonchev–Trinajstić information content (AvgIpc) is 2.89. The average molecular weight is 461 g/mol. The molecule has 0 spiro atoms. The van der Waals surface area contributed by atoms with Crippen molar-refractivity contribution in [3.63, 3.8) is 0 Å². The van der Waals surface area contributed by atoms with Crippen molar-refractivity contribution in [2.24, 2.45) is 4.99 Å². The Labute approximate surface area is 166 Å². The lowest BCUT2D eigenvalue weighted by Gasteiger charge is -2.10. The van der Waals surface area contributed by atoms with Crippen molar-refractivity contribution in [3.05, 3.63) is 35.6 Å². The van der Waals surface area contributed by atoms with Crippen molar-refractivity contribution in [1.82, 2.24) is 10.6 Å². The minimum atomic E-state index is 0. The first-order chi connectivity index (χ1) is 11.3. The van der Waals surface area contributed by atoms with Crippen molar-refractivity contribution in [3.8, 4) is 0 Å². The molecule has 0 aliphatic carbocycles. The van der Waals surface area contributed by atoms with Gasteiger partial charge in [0.15, 0.2) is 5.96 Å². The van der Waals surface area contributed by atoms with Crippen molar-refractivity contribution in [2.75, 3.05) is 25.1 Å². The van der Waals surface area contributed by atoms with Gasteiger partial charge < -0.3 is 15.1 Å². The molecule has 0 saturated carbocycles. The summed E-state index contributed by atoms with van der Waals surface area (Å²) in [5.41, 5.74) is 2.12. The van der Waals surface area contributed by atoms with Crippen molar-refractivity contribution < 1.29 is 4.42 Å². The fourth-order valence-electron chi connectivity index (χ4n) is 2.45. The molecule has 1 aromatic heterocycles. The van der Waals surface area contributed by atoms with Crippen LogP contribution in [0.5, 0.6) is 0 Å². The van der Waals surface area contributed by atoms with E-state index in [0.717, 1.165) is 36.8 Å². The quantitative estimate of drug-likeness (QED) is 0.262. The number of nitrogens with zero attached hydrogens (tertiary/aromatic N) is 1. The van der Waals surface area contributed by atoms with Crippen LogP contribution in [0.25, 0.3) is 11.0 Å². The molecule has 2 rings (SSSR count). The molecule has 6 heteroatoms. The number of aryl methyl sites for hydroxylation is 1. The zero-order valence-corrected chi connectivity index (χ0v) is 17.9. The molecule has 0 unspecified atom stereocenters. The fraction of sp³-hybridized carbons (Fsp3) is 0.500. The van der Waals surface area contributed by atoms with E-state index in [9.17, 15) is 0 Å². The second kappa shape index (κ2) is 11.6. The van der Waals surface area contributed by atoms with Crippen LogP contribution in [0, 0.1) is 6.92 Å². The summed E-state index contributed by atoms with van der Waals surface area (Å²) in [6.45, 7) is 6.54. The third-order valence-corrected chi connectivity index (χ3v) is 4.43. The van der Waals surface area contributed by atoms with Gasteiger partial charge in [0, 0.05) is 24.0 Å². The predicted octanol–water partition coefficient (Wildman–Crippen LogP) is 4.56. The topological polar surface area (TPSA) is 49.6 Å². The van der Waals surface area contributed by atoms with E-state index in [-0.39, 0.29) is 24.0 Å². The van der Waals surface area contributed by atoms with E-state index < -0.39 is 0 Å². The third-order valence-electron chi connectivity index (χ3n) is 3.74. The van der Waals surface area contributed by atoms with Gasteiger partial charge in [0.05, 0.1) is 0 Å². The lowest BCUT2D eigenvalue weighted by molar-refractivity contribution is 0.547. The molecule has 0 radical (unpaired) electrons. The number of thioether (sulfide) groups is 1. The summed E-state index contributed by atoms with van der Waals surface area (Å²) in [6.07, 6.45) is 4.54. The van der Waals surface area contributed by atoms with Crippen LogP contribution in [0.2, 0.25) is 0 Å². The van der Waals surface area contributed by atoms with E-state index in [1.54, 1.807) is 0 Å². The molecule has 24 heavy (non-hydrogen) atoms. The van der Waals surface area contributed by atoms with Gasteiger partial charge in [-0.1, -0.05) is 18.2 Å². The van der Waals surface area contributed by atoms with Gasteiger partial charge >= 0.3 is 0 Å². The zero-order valence-electron chi connectivity index (χ0n) is 14.7. The van der Waals surface area contributed by atoms with Crippen molar-refractivity contribution >= 4 is 52.7 Å². The highest BCUT2D eigenvalue weighted by atomic mass is 127. The molecule has 1 heterocycles. The molecule has 0 atom stereocenters. The number of nitrogens with one attached hydrogen (secondary N) is 2. The molecule has 2 N–H and O–H groups in total. The first kappa shape index (κ1) is 21.2. The smallest absolute Gasteiger partial charge is 0.191 e. The molecule has 0 amide bonds. The molecule has 1 aromatic carbocycles. The van der Waals surface area contributed by atoms with E-state index in [1.807, 2.05) is 30.0 Å². The van der Waals surface area contributed by atoms with Gasteiger partial charge in [-0.25, -0.2) is 4.99 Å². The summed E-state index contributed by atoms with van der Waals surface area (Å²) >= 11 is 1.90. The Morgan fingerprint density at radius 3 is 2.71 bits per heavy atom. The molecule has 134 valence electrons. The van der Waals surface area contributed by atoms with Gasteiger partial charge in [-0.15, -0.1) is 24.0 Å². The molecule has 0 aliphatic rings. The SMILES string of the molecule is CCNC(=NCc1oc2ccccc2c1C)NCCCCSC.I. The highest BCUT2D eigenvalue weighted by molar-refractivity contribution is 14.0. The lowest BCUT2D eigenvalue weighted by Crippen LogP contribution is -2.37. The summed E-state index contributed by atoms with van der Waals surface area (Å²) < 4.78 is 5.92. The monoisotopic (exact) mass is 461 g/mol. The van der Waals surface area contributed by atoms with Crippen LogP contribution in [0.4, 0.5) is 0 Å². The lowest BCUT2D eigenvalue weighted by atomic mass is 10.1. The van der Waals surface area contributed by atoms with Crippen molar-refractivity contribution in [1.29, 1.82) is 0 Å². The Hall–Kier alpha value is -0.890. The zero-order chi connectivity index (χ0) is 16.5. The Balaban J connectivity index is 0.00000288. The van der Waals surface area contributed by atoms with Crippen molar-refractivity contribution in [2.45, 2.75) is 33.2 Å². The molecule has 0 bridgehead atoms. The van der Waals surface area contributed by atoms with Gasteiger partial charge in [0.25, 0.3) is 0 Å². The number of guanidine groups is 1. The minimum Gasteiger partial charge on any atom is -0.459 e. The van der Waals surface area contributed by atoms with Crippen LogP contribution in [-0.4, -0.2) is 31.1 Å². The highest BCUT2D eigenvalue weighted by Crippen LogP contribution is 2.25. The van der Waals surface area contributed by atoms with Gasteiger partial charge in [-0.3, -0.25) is 0 Å². The number of halogens is 1. The molecule has 0 fully saturated rings. The Morgan fingerprint density at radius 1 is 1.21 bits per heavy atom. The van der Waals surface area contributed by atoms with Gasteiger partial charge in [-0.2, -0.15) is 11.8 Å². The van der Waals surface area contributed by atoms with Crippen LogP contribution in [0.1, 0.15) is 31.1 Å². The number of aliphatic imine (C=N–C) groups is 1. The number of unbranched alkanes of at least 4 members (excludes halogenated alkanes) is 1. The molecule has 4 nitrogen and oxygen atoms in total. The number of furan rings is 1. The summed E-state index contributed by atoms with van der Waals surface area (Å²) in [5.74, 6) is 3.01. The van der Waals surface area contributed by atoms with E-state index in [4.69, 9.17) is 4.42 Å². The van der Waals surface area contributed by atoms with Crippen LogP contribution in [-0.2, 0) is 6.54 Å². The normalized spacial score (nSPS) is 11.4. The Morgan fingerprint density at radius 2 is 2.00 bits per heavy atom. The molecule has 0 saturated heterocycles. The number of benzene rings is 1. The number of para-hydroxylation sites is 1. The largest absolute Gasteiger partial charge is 0.459 e. The minimum absolute atomic E-state index is 0. The van der Waals surface area contributed by atoms with E-state index in [2.05, 4.69) is 41.8 Å².